The van der Waals surface area contributed by atoms with E-state index in [0.29, 0.717) is 12.0 Å². The molecule has 13 heavy (non-hydrogen) atoms. The van der Waals surface area contributed by atoms with E-state index in [1.54, 1.807) is 0 Å². The van der Waals surface area contributed by atoms with Crippen molar-refractivity contribution < 1.29 is 0 Å². The van der Waals surface area contributed by atoms with Crippen LogP contribution >= 0.6 is 0 Å². The highest BCUT2D eigenvalue weighted by molar-refractivity contribution is 4.72. The molecule has 0 radical (unpaired) electrons. The van der Waals surface area contributed by atoms with Gasteiger partial charge in [0, 0.05) is 6.04 Å². The molecule has 2 atom stereocenters. The van der Waals surface area contributed by atoms with Crippen LogP contribution in [0, 0.1) is 5.92 Å². The summed E-state index contributed by atoms with van der Waals surface area (Å²) < 4.78 is 0. The van der Waals surface area contributed by atoms with E-state index < -0.39 is 0 Å². The highest BCUT2D eigenvalue weighted by Gasteiger charge is 2.14. The number of allylic oxidation sites excluding steroid dienone is 1. The number of hydrogen-bond acceptors (Lipinski definition) is 2. The van der Waals surface area contributed by atoms with E-state index in [4.69, 9.17) is 5.73 Å². The number of nitrogens with two attached hydrogens (primary N) is 1. The summed E-state index contributed by atoms with van der Waals surface area (Å²) in [4.78, 5) is 2.38. The van der Waals surface area contributed by atoms with Crippen LogP contribution in [0.15, 0.2) is 12.7 Å². The number of rotatable bonds is 7. The fourth-order valence-corrected chi connectivity index (χ4v) is 1.32. The lowest BCUT2D eigenvalue weighted by atomic mass is 10.0. The first kappa shape index (κ1) is 12.7. The monoisotopic (exact) mass is 184 g/mol. The fraction of sp³-hybridized carbons (Fsp3) is 0.818. The van der Waals surface area contributed by atoms with Crippen molar-refractivity contribution in [2.24, 2.45) is 11.7 Å². The van der Waals surface area contributed by atoms with Crippen molar-refractivity contribution in [3.8, 4) is 0 Å². The van der Waals surface area contributed by atoms with Gasteiger partial charge in [-0.25, -0.2) is 0 Å². The van der Waals surface area contributed by atoms with Gasteiger partial charge in [-0.2, -0.15) is 0 Å². The molecule has 0 saturated heterocycles. The quantitative estimate of drug-likeness (QED) is 0.483. The molecule has 78 valence electrons. The van der Waals surface area contributed by atoms with Gasteiger partial charge in [-0.3, -0.25) is 0 Å². The molecule has 0 aromatic heterocycles. The summed E-state index contributed by atoms with van der Waals surface area (Å²) in [5, 5.41) is 0. The van der Waals surface area contributed by atoms with Crippen LogP contribution in [-0.4, -0.2) is 31.1 Å². The maximum Gasteiger partial charge on any atom is 0.0101 e. The molecule has 0 aliphatic heterocycles. The second-order valence-electron chi connectivity index (χ2n) is 3.87. The summed E-state index contributed by atoms with van der Waals surface area (Å²) in [7, 11) is 2.17. The first-order valence-electron chi connectivity index (χ1n) is 5.14. The Morgan fingerprint density at radius 3 is 2.54 bits per heavy atom. The van der Waals surface area contributed by atoms with Crippen LogP contribution in [-0.2, 0) is 0 Å². The minimum atomic E-state index is 0.578. The van der Waals surface area contributed by atoms with Gasteiger partial charge in [-0.05, 0) is 45.8 Å². The van der Waals surface area contributed by atoms with Crippen LogP contribution in [0.5, 0.6) is 0 Å². The molecule has 0 bridgehead atoms. The molecule has 0 heterocycles. The maximum absolute atomic E-state index is 5.62. The summed E-state index contributed by atoms with van der Waals surface area (Å²) in [5.74, 6) is 0.578. The van der Waals surface area contributed by atoms with Crippen molar-refractivity contribution in [3.63, 3.8) is 0 Å². The summed E-state index contributed by atoms with van der Waals surface area (Å²) in [5.41, 5.74) is 5.62. The Balaban J connectivity index is 3.67. The van der Waals surface area contributed by atoms with Crippen molar-refractivity contribution in [1.29, 1.82) is 0 Å². The number of hydrogen-bond donors (Lipinski definition) is 1. The van der Waals surface area contributed by atoms with Crippen LogP contribution in [0.4, 0.5) is 0 Å². The highest BCUT2D eigenvalue weighted by atomic mass is 15.1. The van der Waals surface area contributed by atoms with Gasteiger partial charge in [0.1, 0.15) is 0 Å². The molecule has 0 rings (SSSR count). The van der Waals surface area contributed by atoms with Crippen molar-refractivity contribution >= 4 is 0 Å². The molecule has 2 heteroatoms. The second-order valence-corrected chi connectivity index (χ2v) is 3.87. The molecule has 0 aliphatic rings. The molecular formula is C11H24N2. The molecule has 0 amide bonds. The van der Waals surface area contributed by atoms with Gasteiger partial charge in [0.15, 0.2) is 0 Å². The summed E-state index contributed by atoms with van der Waals surface area (Å²) in [6.45, 7) is 10.1. The van der Waals surface area contributed by atoms with Gasteiger partial charge in [-0.1, -0.05) is 13.0 Å². The molecule has 2 nitrogen and oxygen atoms in total. The Hall–Kier alpha value is -0.340. The summed E-state index contributed by atoms with van der Waals surface area (Å²) >= 11 is 0. The molecule has 0 aromatic rings. The van der Waals surface area contributed by atoms with Crippen LogP contribution in [0.1, 0.15) is 26.7 Å². The smallest absolute Gasteiger partial charge is 0.0101 e. The van der Waals surface area contributed by atoms with Gasteiger partial charge in [-0.15, -0.1) is 6.58 Å². The zero-order valence-electron chi connectivity index (χ0n) is 9.29. The lowest BCUT2D eigenvalue weighted by Crippen LogP contribution is -2.38. The lowest BCUT2D eigenvalue weighted by molar-refractivity contribution is 0.201. The fourth-order valence-electron chi connectivity index (χ4n) is 1.32. The Labute approximate surface area is 82.8 Å². The normalized spacial score (nSPS) is 15.8. The SMILES string of the molecule is C=CCCCN(C)C(C)C(C)CN. The molecule has 0 aromatic carbocycles. The first-order valence-corrected chi connectivity index (χ1v) is 5.14. The van der Waals surface area contributed by atoms with Crippen molar-refractivity contribution in [2.75, 3.05) is 20.1 Å². The number of nitrogens with zero attached hydrogens (tertiary/aromatic N) is 1. The van der Waals surface area contributed by atoms with E-state index in [1.165, 1.54) is 6.42 Å². The standard InChI is InChI=1S/C11H24N2/c1-5-6-7-8-13(4)11(3)10(2)9-12/h5,10-11H,1,6-9,12H2,2-4H3. The maximum atomic E-state index is 5.62. The molecule has 0 spiro atoms. The van der Waals surface area contributed by atoms with Crippen molar-refractivity contribution in [2.45, 2.75) is 32.7 Å². The molecule has 0 aliphatic carbocycles. The number of unbranched alkanes of at least 4 members (excludes halogenated alkanes) is 1. The average Bonchev–Trinajstić information content (AvgIpc) is 2.15. The third-order valence-corrected chi connectivity index (χ3v) is 2.81. The zero-order valence-corrected chi connectivity index (χ0v) is 9.29. The lowest BCUT2D eigenvalue weighted by Gasteiger charge is -2.28. The summed E-state index contributed by atoms with van der Waals surface area (Å²) in [6, 6.07) is 0.579. The van der Waals surface area contributed by atoms with Gasteiger partial charge < -0.3 is 10.6 Å². The van der Waals surface area contributed by atoms with E-state index in [1.807, 2.05) is 6.08 Å². The van der Waals surface area contributed by atoms with Crippen LogP contribution in [0.25, 0.3) is 0 Å². The molecule has 2 N–H and O–H groups in total. The first-order chi connectivity index (χ1) is 6.13. The molecule has 0 fully saturated rings. The molecule has 2 unspecified atom stereocenters. The van der Waals surface area contributed by atoms with E-state index in [0.717, 1.165) is 19.5 Å². The Bertz CT molecular complexity index is 134. The Kier molecular flexibility index (Phi) is 6.92. The van der Waals surface area contributed by atoms with Gasteiger partial charge in [0.2, 0.25) is 0 Å². The molecular weight excluding hydrogens is 160 g/mol. The third-order valence-electron chi connectivity index (χ3n) is 2.81. The summed E-state index contributed by atoms with van der Waals surface area (Å²) in [6.07, 6.45) is 4.28. The Morgan fingerprint density at radius 1 is 1.46 bits per heavy atom. The van der Waals surface area contributed by atoms with E-state index in [-0.39, 0.29) is 0 Å². The third kappa shape index (κ3) is 5.06. The van der Waals surface area contributed by atoms with Gasteiger partial charge >= 0.3 is 0 Å². The average molecular weight is 184 g/mol. The second kappa shape index (κ2) is 7.10. The predicted molar refractivity (Wildman–Crippen MR) is 59.7 cm³/mol. The van der Waals surface area contributed by atoms with E-state index >= 15 is 0 Å². The largest absolute Gasteiger partial charge is 0.330 e. The topological polar surface area (TPSA) is 29.3 Å². The van der Waals surface area contributed by atoms with Gasteiger partial charge in [0.25, 0.3) is 0 Å². The highest BCUT2D eigenvalue weighted by Crippen LogP contribution is 2.08. The Morgan fingerprint density at radius 2 is 2.08 bits per heavy atom. The van der Waals surface area contributed by atoms with Crippen LogP contribution in [0.3, 0.4) is 0 Å². The van der Waals surface area contributed by atoms with Crippen LogP contribution < -0.4 is 5.73 Å². The predicted octanol–water partition coefficient (Wildman–Crippen LogP) is 1.87. The van der Waals surface area contributed by atoms with E-state index in [9.17, 15) is 0 Å². The van der Waals surface area contributed by atoms with E-state index in [2.05, 4.69) is 32.4 Å². The van der Waals surface area contributed by atoms with Crippen molar-refractivity contribution in [1.82, 2.24) is 4.90 Å². The minimum absolute atomic E-state index is 0.578. The van der Waals surface area contributed by atoms with Crippen molar-refractivity contribution in [3.05, 3.63) is 12.7 Å². The minimum Gasteiger partial charge on any atom is -0.330 e. The zero-order chi connectivity index (χ0) is 10.3. The molecule has 0 saturated carbocycles. The van der Waals surface area contributed by atoms with Gasteiger partial charge in [0.05, 0.1) is 0 Å². The van der Waals surface area contributed by atoms with Crippen LogP contribution in [0.2, 0.25) is 0 Å².